The summed E-state index contributed by atoms with van der Waals surface area (Å²) in [6, 6.07) is 8.29. The van der Waals surface area contributed by atoms with Gasteiger partial charge in [-0.15, -0.1) is 22.7 Å². The van der Waals surface area contributed by atoms with Gasteiger partial charge in [0.15, 0.2) is 10.3 Å². The van der Waals surface area contributed by atoms with Gasteiger partial charge in [0.2, 0.25) is 5.91 Å². The molecule has 2 aromatic heterocycles. The fraction of sp³-hybridized carbons (Fsp3) is 0.263. The van der Waals surface area contributed by atoms with Crippen molar-refractivity contribution >= 4 is 44.8 Å². The van der Waals surface area contributed by atoms with E-state index in [0.29, 0.717) is 10.3 Å². The third-order valence-electron chi connectivity index (χ3n) is 3.79. The van der Waals surface area contributed by atoms with E-state index >= 15 is 0 Å². The van der Waals surface area contributed by atoms with E-state index in [1.54, 1.807) is 5.38 Å². The predicted molar refractivity (Wildman–Crippen MR) is 111 cm³/mol. The first-order valence-corrected chi connectivity index (χ1v) is 10.1. The minimum absolute atomic E-state index is 0.101. The van der Waals surface area contributed by atoms with Crippen LogP contribution in [0.2, 0.25) is 0 Å². The number of nitrogens with zero attached hydrogens (tertiary/aromatic N) is 2. The molecule has 6 nitrogen and oxygen atoms in total. The van der Waals surface area contributed by atoms with Crippen LogP contribution in [0, 0.1) is 0 Å². The topological polar surface area (TPSA) is 84.0 Å². The summed E-state index contributed by atoms with van der Waals surface area (Å²) in [6.07, 6.45) is 0. The third kappa shape index (κ3) is 4.78. The first kappa shape index (κ1) is 19.2. The number of hydrogen-bond acceptors (Lipinski definition) is 6. The molecule has 0 saturated heterocycles. The number of carbonyl (C=O) groups excluding carboxylic acids is 2. The van der Waals surface area contributed by atoms with Crippen molar-refractivity contribution in [3.63, 3.8) is 0 Å². The lowest BCUT2D eigenvalue weighted by Crippen LogP contribution is -2.13. The summed E-state index contributed by atoms with van der Waals surface area (Å²) in [5.74, 6) is -0.579. The molecule has 140 valence electrons. The van der Waals surface area contributed by atoms with Gasteiger partial charge in [-0.25, -0.2) is 9.97 Å². The molecule has 0 fully saturated rings. The Morgan fingerprint density at radius 2 is 1.56 bits per heavy atom. The molecule has 0 aliphatic rings. The molecule has 0 saturated carbocycles. The first-order chi connectivity index (χ1) is 12.7. The highest BCUT2D eigenvalue weighted by atomic mass is 32.1. The van der Waals surface area contributed by atoms with Gasteiger partial charge in [0.1, 0.15) is 5.69 Å². The Hall–Kier alpha value is -2.58. The molecular weight excluding hydrogens is 380 g/mol. The summed E-state index contributed by atoms with van der Waals surface area (Å²) >= 11 is 2.56. The number of nitrogens with one attached hydrogen (secondary N) is 2. The standard InChI is InChI=1S/C19H20N4O2S2/c1-11(24)20-17-22-15(10-27-17)16(25)23-18-21-14(9-26-18)12-5-7-13(8-6-12)19(2,3)4/h5-10H,1-4H3,(H,20,22,24)(H,21,23,25). The SMILES string of the molecule is CC(=O)Nc1nc(C(=O)Nc2nc(-c3ccc(C(C)(C)C)cc3)cs2)cs1. The van der Waals surface area contributed by atoms with E-state index in [9.17, 15) is 9.59 Å². The second-order valence-electron chi connectivity index (χ2n) is 7.04. The van der Waals surface area contributed by atoms with Crippen LogP contribution in [-0.4, -0.2) is 21.8 Å². The Morgan fingerprint density at radius 1 is 0.926 bits per heavy atom. The Kier molecular flexibility index (Phi) is 5.38. The molecule has 3 rings (SSSR count). The number of thiazole rings is 2. The molecule has 1 aromatic carbocycles. The van der Waals surface area contributed by atoms with Crippen LogP contribution in [0.1, 0.15) is 43.7 Å². The molecule has 0 aliphatic heterocycles. The van der Waals surface area contributed by atoms with Gasteiger partial charge in [-0.2, -0.15) is 0 Å². The zero-order chi connectivity index (χ0) is 19.6. The van der Waals surface area contributed by atoms with Crippen molar-refractivity contribution in [1.82, 2.24) is 9.97 Å². The molecule has 3 aromatic rings. The van der Waals surface area contributed by atoms with Crippen LogP contribution >= 0.6 is 22.7 Å². The molecule has 0 aliphatic carbocycles. The number of anilines is 2. The van der Waals surface area contributed by atoms with Gasteiger partial charge in [0, 0.05) is 23.2 Å². The highest BCUT2D eigenvalue weighted by Crippen LogP contribution is 2.28. The number of rotatable bonds is 4. The highest BCUT2D eigenvalue weighted by Gasteiger charge is 2.15. The summed E-state index contributed by atoms with van der Waals surface area (Å²) in [5, 5.41) is 9.71. The maximum absolute atomic E-state index is 12.3. The average Bonchev–Trinajstić information content (AvgIpc) is 3.23. The molecule has 0 bridgehead atoms. The van der Waals surface area contributed by atoms with Crippen LogP contribution < -0.4 is 10.6 Å². The fourth-order valence-corrected chi connectivity index (χ4v) is 3.80. The van der Waals surface area contributed by atoms with Gasteiger partial charge in [-0.05, 0) is 11.0 Å². The molecule has 0 spiro atoms. The van der Waals surface area contributed by atoms with E-state index in [-0.39, 0.29) is 22.9 Å². The smallest absolute Gasteiger partial charge is 0.276 e. The van der Waals surface area contributed by atoms with Gasteiger partial charge < -0.3 is 5.32 Å². The van der Waals surface area contributed by atoms with Crippen LogP contribution in [0.5, 0.6) is 0 Å². The fourth-order valence-electron chi connectivity index (χ4n) is 2.35. The zero-order valence-electron chi connectivity index (χ0n) is 15.5. The predicted octanol–water partition coefficient (Wildman–Crippen LogP) is 4.77. The van der Waals surface area contributed by atoms with Crippen molar-refractivity contribution in [2.24, 2.45) is 0 Å². The lowest BCUT2D eigenvalue weighted by Gasteiger charge is -2.18. The van der Waals surface area contributed by atoms with Crippen LogP contribution in [0.3, 0.4) is 0 Å². The van der Waals surface area contributed by atoms with Crippen molar-refractivity contribution in [2.45, 2.75) is 33.1 Å². The summed E-state index contributed by atoms with van der Waals surface area (Å²) in [7, 11) is 0. The molecule has 0 radical (unpaired) electrons. The number of aromatic nitrogens is 2. The minimum Gasteiger partial charge on any atom is -0.302 e. The lowest BCUT2D eigenvalue weighted by molar-refractivity contribution is -0.114. The van der Waals surface area contributed by atoms with E-state index in [4.69, 9.17) is 0 Å². The lowest BCUT2D eigenvalue weighted by atomic mass is 9.86. The van der Waals surface area contributed by atoms with Gasteiger partial charge in [0.05, 0.1) is 5.69 Å². The number of amides is 2. The van der Waals surface area contributed by atoms with Crippen LogP contribution in [-0.2, 0) is 10.2 Å². The Balaban J connectivity index is 1.69. The Labute approximate surface area is 165 Å². The molecule has 8 heteroatoms. The van der Waals surface area contributed by atoms with Crippen LogP contribution in [0.15, 0.2) is 35.0 Å². The second-order valence-corrected chi connectivity index (χ2v) is 8.75. The molecule has 2 amide bonds. The molecule has 0 atom stereocenters. The molecule has 2 heterocycles. The second kappa shape index (κ2) is 7.58. The first-order valence-electron chi connectivity index (χ1n) is 8.33. The molecular formula is C19H20N4O2S2. The minimum atomic E-state index is -0.355. The largest absolute Gasteiger partial charge is 0.302 e. The number of benzene rings is 1. The van der Waals surface area contributed by atoms with Crippen molar-refractivity contribution in [2.75, 3.05) is 10.6 Å². The molecule has 27 heavy (non-hydrogen) atoms. The maximum Gasteiger partial charge on any atom is 0.276 e. The molecule has 0 unspecified atom stereocenters. The van der Waals surface area contributed by atoms with Crippen LogP contribution in [0.4, 0.5) is 10.3 Å². The Morgan fingerprint density at radius 3 is 2.19 bits per heavy atom. The van der Waals surface area contributed by atoms with Gasteiger partial charge in [-0.3, -0.25) is 14.9 Å². The average molecular weight is 401 g/mol. The van der Waals surface area contributed by atoms with Gasteiger partial charge >= 0.3 is 0 Å². The van der Waals surface area contributed by atoms with E-state index < -0.39 is 0 Å². The van der Waals surface area contributed by atoms with Crippen molar-refractivity contribution in [1.29, 1.82) is 0 Å². The normalized spacial score (nSPS) is 11.3. The highest BCUT2D eigenvalue weighted by molar-refractivity contribution is 7.14. The monoisotopic (exact) mass is 400 g/mol. The van der Waals surface area contributed by atoms with E-state index in [2.05, 4.69) is 53.5 Å². The van der Waals surface area contributed by atoms with Gasteiger partial charge in [-0.1, -0.05) is 45.0 Å². The van der Waals surface area contributed by atoms with Gasteiger partial charge in [0.25, 0.3) is 5.91 Å². The van der Waals surface area contributed by atoms with Crippen molar-refractivity contribution < 1.29 is 9.59 Å². The van der Waals surface area contributed by atoms with Crippen molar-refractivity contribution in [3.8, 4) is 11.3 Å². The van der Waals surface area contributed by atoms with Crippen LogP contribution in [0.25, 0.3) is 11.3 Å². The third-order valence-corrected chi connectivity index (χ3v) is 5.31. The number of carbonyl (C=O) groups is 2. The summed E-state index contributed by atoms with van der Waals surface area (Å²) < 4.78 is 0. The van der Waals surface area contributed by atoms with E-state index in [1.165, 1.54) is 35.2 Å². The summed E-state index contributed by atoms with van der Waals surface area (Å²) in [4.78, 5) is 31.9. The Bertz CT molecular complexity index is 968. The summed E-state index contributed by atoms with van der Waals surface area (Å²) in [6.45, 7) is 7.92. The zero-order valence-corrected chi connectivity index (χ0v) is 17.1. The van der Waals surface area contributed by atoms with Crippen molar-refractivity contribution in [3.05, 3.63) is 46.3 Å². The van der Waals surface area contributed by atoms with E-state index in [0.717, 1.165) is 11.3 Å². The summed E-state index contributed by atoms with van der Waals surface area (Å²) in [5.41, 5.74) is 3.42. The van der Waals surface area contributed by atoms with E-state index in [1.807, 2.05) is 17.5 Å². The molecule has 2 N–H and O–H groups in total. The maximum atomic E-state index is 12.3. The number of hydrogen-bond donors (Lipinski definition) is 2. The quantitative estimate of drug-likeness (QED) is 0.660.